The van der Waals surface area contributed by atoms with Gasteiger partial charge in [-0.2, -0.15) is 0 Å². The van der Waals surface area contributed by atoms with Gasteiger partial charge in [-0.3, -0.25) is 19.4 Å². The van der Waals surface area contributed by atoms with Crippen LogP contribution < -0.4 is 15.0 Å². The van der Waals surface area contributed by atoms with Crippen molar-refractivity contribution in [1.82, 2.24) is 25.0 Å². The summed E-state index contributed by atoms with van der Waals surface area (Å²) in [5, 5.41) is 18.1. The number of carbonyl (C=O) groups is 3. The minimum atomic E-state index is -2.95. The average molecular weight is 987 g/mol. The van der Waals surface area contributed by atoms with Gasteiger partial charge in [-0.25, -0.2) is 13.6 Å². The number of nitrogens with zero attached hydrogens (tertiary/aromatic N) is 4. The molecule has 1 unspecified atom stereocenters. The van der Waals surface area contributed by atoms with E-state index in [4.69, 9.17) is 23.7 Å². The zero-order valence-electron chi connectivity index (χ0n) is 42.4. The van der Waals surface area contributed by atoms with Crippen LogP contribution in [0.5, 0.6) is 5.75 Å². The number of ether oxygens (including phenoxy) is 5. The van der Waals surface area contributed by atoms with Crippen molar-refractivity contribution in [2.45, 2.75) is 106 Å². The van der Waals surface area contributed by atoms with Crippen LogP contribution in [-0.4, -0.2) is 173 Å². The van der Waals surface area contributed by atoms with Crippen molar-refractivity contribution in [2.24, 2.45) is 17.3 Å². The van der Waals surface area contributed by atoms with E-state index in [9.17, 15) is 14.7 Å². The number of H-pyrrole nitrogens is 1. The zero-order chi connectivity index (χ0) is 50.3. The van der Waals surface area contributed by atoms with E-state index < -0.39 is 63.7 Å². The van der Waals surface area contributed by atoms with Crippen LogP contribution in [0.4, 0.5) is 14.5 Å². The number of esters is 3. The van der Waals surface area contributed by atoms with E-state index in [-0.39, 0.29) is 31.3 Å². The van der Waals surface area contributed by atoms with Crippen molar-refractivity contribution in [3.05, 3.63) is 70.4 Å². The molecule has 17 heteroatoms. The number of rotatable bonds is 13. The molecule has 10 atom stereocenters. The Morgan fingerprint density at radius 3 is 2.48 bits per heavy atom. The van der Waals surface area contributed by atoms with Crippen molar-refractivity contribution in [1.29, 1.82) is 0 Å². The number of aromatic amines is 1. The molecule has 10 rings (SSSR count). The quantitative estimate of drug-likeness (QED) is 0.0917. The Morgan fingerprint density at radius 2 is 1.77 bits per heavy atom. The van der Waals surface area contributed by atoms with Gasteiger partial charge in [-0.1, -0.05) is 25.1 Å². The highest BCUT2D eigenvalue weighted by Gasteiger charge is 2.80. The van der Waals surface area contributed by atoms with Gasteiger partial charge >= 0.3 is 17.9 Å². The molecule has 2 aromatic carbocycles. The van der Waals surface area contributed by atoms with Gasteiger partial charge in [0, 0.05) is 116 Å². The SMILES string of the molecule is CC[C@]12C=CCN3CC[C@@]4(c5cc([C@@]6(C(=O)OC)C[C@H]7C[C@@H](C(C)(F)F)CN(CCc8c6[nH]c6ccc(CNCCCN9CCOCC9)cc86)C7)c(OC)cc5N(C)[C@H]4[C@@](O)(C(=O)OC)[C@@H]1OC(C)=O)[C@@H]32. The van der Waals surface area contributed by atoms with Gasteiger partial charge in [0.25, 0.3) is 0 Å². The minimum Gasteiger partial charge on any atom is -0.496 e. The predicted octanol–water partition coefficient (Wildman–Crippen LogP) is 4.93. The van der Waals surface area contributed by atoms with Gasteiger partial charge in [0.1, 0.15) is 11.2 Å². The maximum atomic E-state index is 15.6. The molecule has 2 bridgehead atoms. The zero-order valence-corrected chi connectivity index (χ0v) is 42.4. The molecule has 3 N–H and O–H groups in total. The second-order valence-electron chi connectivity index (χ2n) is 21.7. The topological polar surface area (TPSA) is 158 Å². The Balaban J connectivity index is 1.17. The van der Waals surface area contributed by atoms with Gasteiger partial charge in [0.05, 0.1) is 40.6 Å². The highest BCUT2D eigenvalue weighted by atomic mass is 19.3. The lowest BCUT2D eigenvalue weighted by Gasteiger charge is -2.63. The Morgan fingerprint density at radius 1 is 1.00 bits per heavy atom. The smallest absolute Gasteiger partial charge is 0.344 e. The number of alkyl halides is 2. The molecule has 71 heavy (non-hydrogen) atoms. The molecule has 3 saturated heterocycles. The number of halogens is 2. The number of morpholine rings is 1. The molecule has 0 amide bonds. The number of aromatic nitrogens is 1. The molecular weight excluding hydrogens is 915 g/mol. The lowest BCUT2D eigenvalue weighted by atomic mass is 9.47. The first-order valence-corrected chi connectivity index (χ1v) is 25.7. The lowest BCUT2D eigenvalue weighted by Crippen LogP contribution is -2.81. The number of fused-ring (bicyclic) bond motifs is 6. The molecule has 1 aromatic heterocycles. The van der Waals surface area contributed by atoms with E-state index in [0.717, 1.165) is 80.3 Å². The summed E-state index contributed by atoms with van der Waals surface area (Å²) < 4.78 is 60.9. The third-order valence-corrected chi connectivity index (χ3v) is 18.0. The molecule has 1 saturated carbocycles. The molecule has 0 radical (unpaired) electrons. The Labute approximate surface area is 415 Å². The number of hydrogen-bond acceptors (Lipinski definition) is 14. The maximum Gasteiger partial charge on any atom is 0.344 e. The summed E-state index contributed by atoms with van der Waals surface area (Å²) in [6, 6.07) is 8.92. The van der Waals surface area contributed by atoms with Gasteiger partial charge in [-0.15, -0.1) is 0 Å². The number of anilines is 1. The summed E-state index contributed by atoms with van der Waals surface area (Å²) in [7, 11) is 6.00. The van der Waals surface area contributed by atoms with E-state index >= 15 is 13.6 Å². The molecule has 7 heterocycles. The van der Waals surface area contributed by atoms with Crippen LogP contribution in [0.15, 0.2) is 42.5 Å². The molecule has 1 spiro atoms. The van der Waals surface area contributed by atoms with Crippen LogP contribution >= 0.6 is 0 Å². The van der Waals surface area contributed by atoms with Crippen LogP contribution in [0.3, 0.4) is 0 Å². The second kappa shape index (κ2) is 18.7. The highest BCUT2D eigenvalue weighted by molar-refractivity contribution is 5.95. The maximum absolute atomic E-state index is 15.6. The molecule has 1 aliphatic carbocycles. The number of benzene rings is 2. The van der Waals surface area contributed by atoms with Crippen molar-refractivity contribution in [3.8, 4) is 5.75 Å². The Kier molecular flexibility index (Phi) is 13.1. The Hall–Kier alpha value is -4.65. The predicted molar refractivity (Wildman–Crippen MR) is 263 cm³/mol. The van der Waals surface area contributed by atoms with E-state index in [1.807, 2.05) is 43.2 Å². The van der Waals surface area contributed by atoms with Crippen LogP contribution in [0, 0.1) is 17.3 Å². The van der Waals surface area contributed by atoms with Crippen molar-refractivity contribution >= 4 is 34.5 Å². The van der Waals surface area contributed by atoms with E-state index in [1.165, 1.54) is 21.1 Å². The fourth-order valence-electron chi connectivity index (χ4n) is 15.1. The number of aliphatic hydroxyl groups is 1. The van der Waals surface area contributed by atoms with Crippen LogP contribution in [0.1, 0.15) is 80.8 Å². The molecular formula is C54H72F2N6O9. The largest absolute Gasteiger partial charge is 0.496 e. The number of nitrogens with one attached hydrogen (secondary N) is 2. The lowest BCUT2D eigenvalue weighted by molar-refractivity contribution is -0.228. The summed E-state index contributed by atoms with van der Waals surface area (Å²) in [6.45, 7) is 12.7. The number of likely N-dealkylation sites (N-methyl/N-ethyl adjacent to an activating group) is 1. The molecule has 6 aliphatic heterocycles. The van der Waals surface area contributed by atoms with Gasteiger partial charge in [-0.05, 0) is 106 Å². The van der Waals surface area contributed by atoms with Crippen LogP contribution in [0.25, 0.3) is 10.9 Å². The summed E-state index contributed by atoms with van der Waals surface area (Å²) in [6.07, 6.45) is 5.48. The summed E-state index contributed by atoms with van der Waals surface area (Å²) in [4.78, 5) is 55.9. The number of piperidine rings is 1. The summed E-state index contributed by atoms with van der Waals surface area (Å²) >= 11 is 0. The monoisotopic (exact) mass is 987 g/mol. The number of carbonyl (C=O) groups excluding carboxylic acids is 3. The van der Waals surface area contributed by atoms with Crippen LogP contribution in [0.2, 0.25) is 0 Å². The molecule has 15 nitrogen and oxygen atoms in total. The number of methoxy groups -OCH3 is 3. The van der Waals surface area contributed by atoms with Gasteiger partial charge in [0.15, 0.2) is 6.10 Å². The van der Waals surface area contributed by atoms with Crippen molar-refractivity contribution in [2.75, 3.05) is 105 Å². The number of hydrogen-bond donors (Lipinski definition) is 3. The highest BCUT2D eigenvalue weighted by Crippen LogP contribution is 2.68. The Bertz CT molecular complexity index is 2580. The first-order chi connectivity index (χ1) is 34.0. The van der Waals surface area contributed by atoms with Gasteiger partial charge in [0.2, 0.25) is 11.5 Å². The summed E-state index contributed by atoms with van der Waals surface area (Å²) in [5.41, 5.74) is -0.544. The average Bonchev–Trinajstić information content (AvgIpc) is 4.02. The first kappa shape index (κ1) is 49.9. The van der Waals surface area contributed by atoms with E-state index in [0.29, 0.717) is 74.7 Å². The summed E-state index contributed by atoms with van der Waals surface area (Å²) in [5.74, 6) is -5.98. The molecule has 3 aromatic rings. The van der Waals surface area contributed by atoms with E-state index in [2.05, 4.69) is 43.2 Å². The van der Waals surface area contributed by atoms with Crippen LogP contribution in [-0.2, 0) is 57.1 Å². The second-order valence-corrected chi connectivity index (χ2v) is 21.7. The van der Waals surface area contributed by atoms with Crippen molar-refractivity contribution in [3.63, 3.8) is 0 Å². The third kappa shape index (κ3) is 7.72. The molecule has 4 fully saturated rings. The van der Waals surface area contributed by atoms with E-state index in [1.54, 1.807) is 7.11 Å². The van der Waals surface area contributed by atoms with Gasteiger partial charge < -0.3 is 48.9 Å². The molecule has 386 valence electrons. The minimum absolute atomic E-state index is 0.138. The fourth-order valence-corrected chi connectivity index (χ4v) is 15.1. The first-order valence-electron chi connectivity index (χ1n) is 25.7. The van der Waals surface area contributed by atoms with Crippen molar-refractivity contribution < 1.29 is 52.0 Å². The normalized spacial score (nSPS) is 33.5. The standard InChI is InChI=1S/C54H72F2N6O9/c1-8-51-14-9-18-62-20-15-52(45(51)62)39-27-40(43(67-5)28-42(39)59(4)46(52)54(66,49(65)69-7)47(51)71-33(2)63)53(48(64)68-6)29-35-25-36(50(3,55)56)32-61(31-35)19-13-37-38-26-34(11-12-41(38)58-44(37)53)30-57-16-10-17-60-21-23-70-24-22-60/h9,11-12,14,26-28,35-36,45-47,57-58,66H,8,10,13,15-25,29-32H2,1-7H3/t35-,36-,45+,46-,47-,51-,52-,53+,54+/m1/s1. The fraction of sp³-hybridized carbons (Fsp3) is 0.648. The third-order valence-electron chi connectivity index (χ3n) is 18.0. The molecule has 7 aliphatic rings.